The first kappa shape index (κ1) is 23.7. The van der Waals surface area contributed by atoms with Crippen LogP contribution in [0.25, 0.3) is 10.7 Å². The lowest BCUT2D eigenvalue weighted by Gasteiger charge is -2.19. The van der Waals surface area contributed by atoms with Gasteiger partial charge in [-0.05, 0) is 55.9 Å². The zero-order chi connectivity index (χ0) is 23.5. The fourth-order valence-electron chi connectivity index (χ4n) is 3.90. The van der Waals surface area contributed by atoms with Crippen LogP contribution >= 0.6 is 23.1 Å². The van der Waals surface area contributed by atoms with E-state index in [-0.39, 0.29) is 17.3 Å². The van der Waals surface area contributed by atoms with E-state index in [1.807, 2.05) is 11.6 Å². The molecule has 176 valence electrons. The van der Waals surface area contributed by atoms with Crippen molar-refractivity contribution in [2.45, 2.75) is 56.5 Å². The second-order valence-corrected chi connectivity index (χ2v) is 10.5. The van der Waals surface area contributed by atoms with E-state index < -0.39 is 11.9 Å². The van der Waals surface area contributed by atoms with Gasteiger partial charge in [0, 0.05) is 11.9 Å². The number of fused-ring (bicyclic) bond motifs is 1. The SMILES string of the molecule is CCC1CCc2sc(-c3nnc(SC(C)C(=O)Nc4ccccc4OC(F)F)n3C)cc2C1. The van der Waals surface area contributed by atoms with E-state index in [9.17, 15) is 13.6 Å². The molecule has 0 bridgehead atoms. The van der Waals surface area contributed by atoms with Crippen LogP contribution in [0.1, 0.15) is 37.1 Å². The third-order valence-corrected chi connectivity index (χ3v) is 8.20. The van der Waals surface area contributed by atoms with E-state index in [0.29, 0.717) is 5.16 Å². The molecule has 33 heavy (non-hydrogen) atoms. The molecule has 0 aliphatic heterocycles. The quantitative estimate of drug-likeness (QED) is 0.404. The van der Waals surface area contributed by atoms with Crippen LogP contribution in [0, 0.1) is 5.92 Å². The van der Waals surface area contributed by atoms with E-state index in [0.717, 1.165) is 29.5 Å². The predicted molar refractivity (Wildman–Crippen MR) is 127 cm³/mol. The summed E-state index contributed by atoms with van der Waals surface area (Å²) in [7, 11) is 1.89. The third kappa shape index (κ3) is 5.38. The highest BCUT2D eigenvalue weighted by Gasteiger charge is 2.24. The number of para-hydroxylation sites is 2. The second-order valence-electron chi connectivity index (χ2n) is 8.07. The Morgan fingerprint density at radius 3 is 2.91 bits per heavy atom. The molecule has 2 heterocycles. The molecule has 4 rings (SSSR count). The molecule has 2 atom stereocenters. The van der Waals surface area contributed by atoms with Crippen molar-refractivity contribution in [2.75, 3.05) is 5.32 Å². The predicted octanol–water partition coefficient (Wildman–Crippen LogP) is 5.78. The average Bonchev–Trinajstić information content (AvgIpc) is 3.37. The molecule has 0 saturated heterocycles. The van der Waals surface area contributed by atoms with Gasteiger partial charge in [-0.1, -0.05) is 37.2 Å². The minimum atomic E-state index is -2.97. The van der Waals surface area contributed by atoms with Gasteiger partial charge in [-0.15, -0.1) is 21.5 Å². The standard InChI is InChI=1S/C23H26F2N4O2S2/c1-4-14-9-10-18-15(11-14)12-19(33-18)20-27-28-23(29(20)3)32-13(2)21(30)26-16-7-5-6-8-17(16)31-22(24)25/h5-8,12-14,22H,4,9-11H2,1-3H3,(H,26,30). The first-order valence-electron chi connectivity index (χ1n) is 10.9. The number of nitrogens with one attached hydrogen (secondary N) is 1. The Balaban J connectivity index is 1.45. The summed E-state index contributed by atoms with van der Waals surface area (Å²) in [4.78, 5) is 15.2. The zero-order valence-electron chi connectivity index (χ0n) is 18.7. The molecule has 1 aromatic carbocycles. The smallest absolute Gasteiger partial charge is 0.387 e. The van der Waals surface area contributed by atoms with Gasteiger partial charge < -0.3 is 14.6 Å². The lowest BCUT2D eigenvalue weighted by atomic mass is 9.87. The van der Waals surface area contributed by atoms with Crippen LogP contribution in [0.15, 0.2) is 35.5 Å². The van der Waals surface area contributed by atoms with Crippen LogP contribution in [0.5, 0.6) is 5.75 Å². The van der Waals surface area contributed by atoms with E-state index >= 15 is 0 Å². The number of aromatic nitrogens is 3. The van der Waals surface area contributed by atoms with Crippen molar-refractivity contribution in [3.05, 3.63) is 40.8 Å². The second kappa shape index (κ2) is 10.2. The van der Waals surface area contributed by atoms with E-state index in [1.54, 1.807) is 30.4 Å². The number of alkyl halides is 2. The molecule has 10 heteroatoms. The summed E-state index contributed by atoms with van der Waals surface area (Å²) in [5, 5.41) is 11.4. The first-order chi connectivity index (χ1) is 15.9. The number of halogens is 2. The number of thiophene rings is 1. The van der Waals surface area contributed by atoms with Gasteiger partial charge in [-0.25, -0.2) is 0 Å². The zero-order valence-corrected chi connectivity index (χ0v) is 20.3. The molecular formula is C23H26F2N4O2S2. The number of ether oxygens (including phenoxy) is 1. The Bertz CT molecular complexity index is 1130. The lowest BCUT2D eigenvalue weighted by Crippen LogP contribution is -2.23. The number of rotatable bonds is 8. The molecule has 0 saturated carbocycles. The van der Waals surface area contributed by atoms with Crippen LogP contribution in [-0.2, 0) is 24.7 Å². The van der Waals surface area contributed by atoms with Crippen molar-refractivity contribution in [1.82, 2.24) is 14.8 Å². The molecule has 3 aromatic rings. The van der Waals surface area contributed by atoms with Crippen molar-refractivity contribution in [3.8, 4) is 16.5 Å². The third-order valence-electron chi connectivity index (χ3n) is 5.83. The molecule has 0 spiro atoms. The summed E-state index contributed by atoms with van der Waals surface area (Å²) in [6, 6.07) is 8.35. The first-order valence-corrected chi connectivity index (χ1v) is 12.6. The maximum Gasteiger partial charge on any atom is 0.387 e. The number of hydrogen-bond donors (Lipinski definition) is 1. The summed E-state index contributed by atoms with van der Waals surface area (Å²) in [6.45, 7) is 1.01. The van der Waals surface area contributed by atoms with Crippen molar-refractivity contribution >= 4 is 34.7 Å². The van der Waals surface area contributed by atoms with Gasteiger partial charge in [0.05, 0.1) is 15.8 Å². The van der Waals surface area contributed by atoms with Crippen LogP contribution in [0.4, 0.5) is 14.5 Å². The summed E-state index contributed by atoms with van der Waals surface area (Å²) in [6.07, 6.45) is 4.68. The Kier molecular flexibility index (Phi) is 7.33. The molecule has 0 radical (unpaired) electrons. The average molecular weight is 493 g/mol. The van der Waals surface area contributed by atoms with Crippen molar-refractivity contribution in [1.29, 1.82) is 0 Å². The fourth-order valence-corrected chi connectivity index (χ4v) is 5.95. The number of thioether (sulfide) groups is 1. The van der Waals surface area contributed by atoms with Gasteiger partial charge >= 0.3 is 6.61 Å². The van der Waals surface area contributed by atoms with E-state index in [1.165, 1.54) is 47.2 Å². The minimum Gasteiger partial charge on any atom is -0.433 e. The highest BCUT2D eigenvalue weighted by molar-refractivity contribution is 8.00. The van der Waals surface area contributed by atoms with Gasteiger partial charge in [0.25, 0.3) is 0 Å². The Morgan fingerprint density at radius 1 is 1.36 bits per heavy atom. The molecule has 1 aliphatic carbocycles. The number of carbonyl (C=O) groups is 1. The molecule has 1 amide bonds. The Morgan fingerprint density at radius 2 is 2.15 bits per heavy atom. The molecule has 2 unspecified atom stereocenters. The number of amides is 1. The van der Waals surface area contributed by atoms with Crippen LogP contribution in [0.3, 0.4) is 0 Å². The highest BCUT2D eigenvalue weighted by atomic mass is 32.2. The summed E-state index contributed by atoms with van der Waals surface area (Å²) in [5.41, 5.74) is 1.62. The number of carbonyl (C=O) groups excluding carboxylic acids is 1. The van der Waals surface area contributed by atoms with E-state index in [4.69, 9.17) is 0 Å². The molecule has 0 fully saturated rings. The Hall–Kier alpha value is -2.46. The normalized spacial score (nSPS) is 16.5. The van der Waals surface area contributed by atoms with Gasteiger partial charge in [0.1, 0.15) is 5.75 Å². The van der Waals surface area contributed by atoms with Gasteiger partial charge in [0.2, 0.25) is 5.91 Å². The Labute approximate surface area is 199 Å². The van der Waals surface area contributed by atoms with Crippen LogP contribution in [-0.4, -0.2) is 32.5 Å². The van der Waals surface area contributed by atoms with Crippen LogP contribution in [0.2, 0.25) is 0 Å². The van der Waals surface area contributed by atoms with Gasteiger partial charge in [0.15, 0.2) is 11.0 Å². The summed E-state index contributed by atoms with van der Waals surface area (Å²) < 4.78 is 31.6. The summed E-state index contributed by atoms with van der Waals surface area (Å²) in [5.74, 6) is 1.12. The fraction of sp³-hybridized carbons (Fsp3) is 0.435. The topological polar surface area (TPSA) is 69.0 Å². The molecule has 2 aromatic heterocycles. The lowest BCUT2D eigenvalue weighted by molar-refractivity contribution is -0.115. The van der Waals surface area contributed by atoms with E-state index in [2.05, 4.69) is 33.2 Å². The number of benzene rings is 1. The molecule has 6 nitrogen and oxygen atoms in total. The van der Waals surface area contributed by atoms with Gasteiger partial charge in [-0.3, -0.25) is 4.79 Å². The van der Waals surface area contributed by atoms with Crippen LogP contribution < -0.4 is 10.1 Å². The number of hydrogen-bond acceptors (Lipinski definition) is 6. The number of aryl methyl sites for hydroxylation is 1. The van der Waals surface area contributed by atoms with Crippen molar-refractivity contribution in [3.63, 3.8) is 0 Å². The van der Waals surface area contributed by atoms with Crippen molar-refractivity contribution in [2.24, 2.45) is 13.0 Å². The van der Waals surface area contributed by atoms with Gasteiger partial charge in [-0.2, -0.15) is 8.78 Å². The monoisotopic (exact) mass is 492 g/mol. The number of nitrogens with zero attached hydrogens (tertiary/aromatic N) is 3. The van der Waals surface area contributed by atoms with Crippen molar-refractivity contribution < 1.29 is 18.3 Å². The maximum absolute atomic E-state index is 12.7. The molecule has 1 N–H and O–H groups in total. The maximum atomic E-state index is 12.7. The number of anilines is 1. The molecular weight excluding hydrogens is 466 g/mol. The minimum absolute atomic E-state index is 0.0778. The largest absolute Gasteiger partial charge is 0.433 e. The molecule has 1 aliphatic rings. The highest BCUT2D eigenvalue weighted by Crippen LogP contribution is 2.38. The summed E-state index contributed by atoms with van der Waals surface area (Å²) >= 11 is 3.04.